The Hall–Kier alpha value is -0.762. The number of amides is 2. The van der Waals surface area contributed by atoms with Crippen LogP contribution in [0.15, 0.2) is 5.34 Å². The smallest absolute Gasteiger partial charge is 0.679 e. The summed E-state index contributed by atoms with van der Waals surface area (Å²) in [7, 11) is 0. The molecule has 0 aromatic carbocycles. The SMILES string of the molecule is O.O=N[O-].[CH2-]CC[NH-].[NH-]C(=O)NO.[Pt+4]. The van der Waals surface area contributed by atoms with Crippen molar-refractivity contribution in [2.45, 2.75) is 6.42 Å². The zero-order valence-electron chi connectivity index (χ0n) is 7.06. The second-order valence-electron chi connectivity index (χ2n) is 1.12. The first-order valence-corrected chi connectivity index (χ1v) is 2.65. The van der Waals surface area contributed by atoms with Gasteiger partial charge in [0.1, 0.15) is 0 Å². The fraction of sp³-hybridized carbons (Fsp3) is 0.500. The van der Waals surface area contributed by atoms with Gasteiger partial charge in [-0.2, -0.15) is 6.54 Å². The fourth-order valence-corrected chi connectivity index (χ4v) is 0. The van der Waals surface area contributed by atoms with Gasteiger partial charge >= 0.3 is 21.1 Å². The maximum atomic E-state index is 9.12. The third-order valence-corrected chi connectivity index (χ3v) is 0.278. The van der Waals surface area contributed by atoms with E-state index in [-0.39, 0.29) is 26.5 Å². The summed E-state index contributed by atoms with van der Waals surface area (Å²) in [5.41, 5.74) is 13.3. The van der Waals surface area contributed by atoms with Crippen molar-refractivity contribution in [3.05, 3.63) is 28.5 Å². The number of nitrogens with zero attached hydrogens (tertiary/aromatic N) is 1. The molecule has 0 aromatic heterocycles. The van der Waals surface area contributed by atoms with E-state index in [0.29, 0.717) is 6.54 Å². The number of hydrogen-bond acceptors (Lipinski definition) is 5. The van der Waals surface area contributed by atoms with Crippen LogP contribution < -0.4 is 5.48 Å². The van der Waals surface area contributed by atoms with Crippen LogP contribution in [0.5, 0.6) is 0 Å². The maximum Gasteiger partial charge on any atom is 4.00 e. The Morgan fingerprint density at radius 2 is 1.79 bits per heavy atom. The Kier molecular flexibility index (Phi) is 82.9. The third kappa shape index (κ3) is 235. The van der Waals surface area contributed by atoms with Gasteiger partial charge in [0.2, 0.25) is 0 Å². The van der Waals surface area contributed by atoms with Gasteiger partial charge < -0.3 is 44.7 Å². The molecule has 6 N–H and O–H groups in total. The molecule has 2 amide bonds. The van der Waals surface area contributed by atoms with Gasteiger partial charge in [-0.1, -0.05) is 0 Å². The summed E-state index contributed by atoms with van der Waals surface area (Å²) in [6.45, 7) is 3.88. The van der Waals surface area contributed by atoms with Crippen molar-refractivity contribution in [3.8, 4) is 0 Å². The van der Waals surface area contributed by atoms with E-state index in [1.807, 2.05) is 0 Å². The van der Waals surface area contributed by atoms with Crippen LogP contribution in [0.4, 0.5) is 4.79 Å². The number of carbonyl (C=O) groups excluding carboxylic acids is 1. The summed E-state index contributed by atoms with van der Waals surface area (Å²) in [4.78, 5) is 17.1. The van der Waals surface area contributed by atoms with Crippen LogP contribution in [0.25, 0.3) is 11.5 Å². The maximum absolute atomic E-state index is 9.12. The molecule has 9 nitrogen and oxygen atoms in total. The summed E-state index contributed by atoms with van der Waals surface area (Å²) in [5.74, 6) is 0. The molecule has 0 unspecified atom stereocenters. The molecule has 0 aliphatic rings. The Bertz CT molecular complexity index is 104. The zero-order chi connectivity index (χ0) is 10.4. The zero-order valence-corrected chi connectivity index (χ0v) is 9.33. The molecule has 0 aromatic rings. The number of hydroxylamine groups is 1. The minimum Gasteiger partial charge on any atom is -0.679 e. The molecule has 0 aliphatic heterocycles. The van der Waals surface area contributed by atoms with Crippen molar-refractivity contribution in [2.24, 2.45) is 5.34 Å². The molecule has 0 saturated heterocycles. The predicted molar refractivity (Wildman–Crippen MR) is 46.6 cm³/mol. The average molecular weight is 391 g/mol. The molecule has 88 valence electrons. The van der Waals surface area contributed by atoms with Crippen molar-refractivity contribution in [1.29, 1.82) is 0 Å². The molecule has 10 heteroatoms. The second kappa shape index (κ2) is 39.7. The summed E-state index contributed by atoms with van der Waals surface area (Å²) in [6.07, 6.45) is 0.736. The molecule has 0 fully saturated rings. The van der Waals surface area contributed by atoms with Crippen molar-refractivity contribution in [2.75, 3.05) is 6.54 Å². The van der Waals surface area contributed by atoms with Gasteiger partial charge in [0.25, 0.3) is 0 Å². The molecule has 0 bridgehead atoms. The summed E-state index contributed by atoms with van der Waals surface area (Å²) >= 11 is 0. The van der Waals surface area contributed by atoms with Crippen LogP contribution in [-0.4, -0.2) is 23.3 Å². The molecule has 0 atom stereocenters. The van der Waals surface area contributed by atoms with Crippen LogP contribution in [0.2, 0.25) is 0 Å². The number of carbonyl (C=O) groups is 1. The van der Waals surface area contributed by atoms with E-state index in [1.165, 1.54) is 0 Å². The van der Waals surface area contributed by atoms with E-state index in [0.717, 1.165) is 17.2 Å². The second-order valence-corrected chi connectivity index (χ2v) is 1.12. The molecular formula is C4H12N4O5Pt. The monoisotopic (exact) mass is 391 g/mol. The van der Waals surface area contributed by atoms with E-state index in [4.69, 9.17) is 31.6 Å². The van der Waals surface area contributed by atoms with Crippen molar-refractivity contribution < 1.29 is 36.5 Å². The molecule has 14 heavy (non-hydrogen) atoms. The minimum absolute atomic E-state index is 0. The van der Waals surface area contributed by atoms with Gasteiger partial charge in [0, 0.05) is 0 Å². The Morgan fingerprint density at radius 3 is 1.79 bits per heavy atom. The van der Waals surface area contributed by atoms with Crippen molar-refractivity contribution >= 4 is 6.03 Å². The van der Waals surface area contributed by atoms with Crippen LogP contribution >= 0.6 is 0 Å². The molecule has 0 heterocycles. The average Bonchev–Trinajstić information content (AvgIpc) is 2.06. The van der Waals surface area contributed by atoms with Gasteiger partial charge in [-0.25, -0.2) is 6.42 Å². The van der Waals surface area contributed by atoms with Crippen LogP contribution in [0.1, 0.15) is 6.42 Å². The largest absolute Gasteiger partial charge is 4.00 e. The number of urea groups is 1. The van der Waals surface area contributed by atoms with E-state index in [1.54, 1.807) is 0 Å². The number of rotatable bonds is 1. The Morgan fingerprint density at radius 1 is 1.64 bits per heavy atom. The fourth-order valence-electron chi connectivity index (χ4n) is 0. The first-order chi connectivity index (χ1) is 5.60. The van der Waals surface area contributed by atoms with Gasteiger partial charge in [0.15, 0.2) is 6.03 Å². The normalized spacial score (nSPS) is 5.36. The predicted octanol–water partition coefficient (Wildman–Crippen LogP) is 0.824. The molecule has 0 radical (unpaired) electrons. The third-order valence-electron chi connectivity index (χ3n) is 0.278. The van der Waals surface area contributed by atoms with Crippen LogP contribution in [0.3, 0.4) is 0 Å². The minimum atomic E-state index is -1.19. The van der Waals surface area contributed by atoms with Crippen LogP contribution in [-0.2, 0) is 21.1 Å². The number of nitrogens with one attached hydrogen (secondary N) is 3. The van der Waals surface area contributed by atoms with Crippen molar-refractivity contribution in [1.82, 2.24) is 5.48 Å². The standard InChI is InChI=1S/C3H7N.CH4N2O2.HNO2.H2O.Pt/c1-2-3-4;2-1(4)3-5;2-1-3;;/h4H,1-3H2;(H4,2,3,4,5);(H,2,3);1H2;/q-2;;;;+4/p-2. The Labute approximate surface area is 95.3 Å². The van der Waals surface area contributed by atoms with E-state index < -0.39 is 6.03 Å². The topological polar surface area (TPSA) is 181 Å². The quantitative estimate of drug-likeness (QED) is 0.291. The molecule has 0 saturated carbocycles. The first-order valence-electron chi connectivity index (χ1n) is 2.65. The van der Waals surface area contributed by atoms with Crippen molar-refractivity contribution in [3.63, 3.8) is 0 Å². The first kappa shape index (κ1) is 29.2. The van der Waals surface area contributed by atoms with Crippen LogP contribution in [0, 0.1) is 17.0 Å². The van der Waals surface area contributed by atoms with Gasteiger partial charge in [-0.3, -0.25) is 4.79 Å². The van der Waals surface area contributed by atoms with Gasteiger partial charge in [-0.05, 0) is 0 Å². The molecule has 0 rings (SSSR count). The van der Waals surface area contributed by atoms with Gasteiger partial charge in [-0.15, -0.1) is 5.34 Å². The van der Waals surface area contributed by atoms with E-state index in [2.05, 4.69) is 6.92 Å². The number of hydrogen-bond donors (Lipinski definition) is 2. The molecule has 0 spiro atoms. The summed E-state index contributed by atoms with van der Waals surface area (Å²) < 4.78 is 0. The Balaban J connectivity index is -0.0000000278. The molecule has 0 aliphatic carbocycles. The van der Waals surface area contributed by atoms with E-state index in [9.17, 15) is 0 Å². The summed E-state index contributed by atoms with van der Waals surface area (Å²) in [5, 5.41) is 16.4. The van der Waals surface area contributed by atoms with Gasteiger partial charge in [0.05, 0.1) is 0 Å². The summed E-state index contributed by atoms with van der Waals surface area (Å²) in [6, 6.07) is -1.19. The van der Waals surface area contributed by atoms with E-state index >= 15 is 0 Å². The molecular weight excluding hydrogens is 379 g/mol.